The third-order valence-electron chi connectivity index (χ3n) is 4.09. The fourth-order valence-corrected chi connectivity index (χ4v) is 3.69. The van der Waals surface area contributed by atoms with Crippen LogP contribution in [0.4, 0.5) is 0 Å². The number of hydrogen-bond donors (Lipinski definition) is 0. The summed E-state index contributed by atoms with van der Waals surface area (Å²) < 4.78 is 3.99. The number of rotatable bonds is 5. The monoisotopic (exact) mass is 336 g/mol. The van der Waals surface area contributed by atoms with Crippen LogP contribution in [0.15, 0.2) is 41.8 Å². The largest absolute Gasteiger partial charge is 0.306 e. The summed E-state index contributed by atoms with van der Waals surface area (Å²) in [6.07, 6.45) is 4.18. The van der Waals surface area contributed by atoms with Gasteiger partial charge in [-0.1, -0.05) is 30.0 Å². The van der Waals surface area contributed by atoms with E-state index < -0.39 is 0 Å². The van der Waals surface area contributed by atoms with Gasteiger partial charge in [-0.25, -0.2) is 4.68 Å². The molecule has 0 radical (unpaired) electrons. The van der Waals surface area contributed by atoms with E-state index in [1.807, 2.05) is 41.9 Å². The van der Waals surface area contributed by atoms with E-state index in [-0.39, 0.29) is 0 Å². The van der Waals surface area contributed by atoms with Crippen molar-refractivity contribution in [1.29, 1.82) is 5.26 Å². The van der Waals surface area contributed by atoms with E-state index in [1.165, 1.54) is 12.8 Å². The second-order valence-electron chi connectivity index (χ2n) is 5.81. The maximum atomic E-state index is 9.52. The van der Waals surface area contributed by atoms with Gasteiger partial charge >= 0.3 is 0 Å². The summed E-state index contributed by atoms with van der Waals surface area (Å²) in [5.41, 5.74) is 3.25. The molecule has 0 bridgehead atoms. The first-order chi connectivity index (χ1) is 11.8. The van der Waals surface area contributed by atoms with Gasteiger partial charge in [0.25, 0.3) is 0 Å². The summed E-state index contributed by atoms with van der Waals surface area (Å²) in [6.45, 7) is 1.87. The molecule has 0 N–H and O–H groups in total. The number of benzene rings is 1. The molecule has 4 rings (SSSR count). The van der Waals surface area contributed by atoms with Gasteiger partial charge in [0.15, 0.2) is 5.16 Å². The number of nitriles is 1. The number of para-hydroxylation sites is 1. The van der Waals surface area contributed by atoms with E-state index >= 15 is 0 Å². The minimum Gasteiger partial charge on any atom is -0.306 e. The lowest BCUT2D eigenvalue weighted by atomic mass is 10.2. The van der Waals surface area contributed by atoms with Gasteiger partial charge in [0, 0.05) is 11.8 Å². The normalized spacial score (nSPS) is 13.8. The predicted molar refractivity (Wildman–Crippen MR) is 90.9 cm³/mol. The molecule has 2 heterocycles. The molecule has 2 aromatic heterocycles. The van der Waals surface area contributed by atoms with Crippen molar-refractivity contribution in [1.82, 2.24) is 24.5 Å². The van der Waals surface area contributed by atoms with Gasteiger partial charge < -0.3 is 4.57 Å². The highest BCUT2D eigenvalue weighted by Gasteiger charge is 2.26. The number of aryl methyl sites for hydroxylation is 1. The van der Waals surface area contributed by atoms with Crippen molar-refractivity contribution in [2.45, 2.75) is 36.7 Å². The Kier molecular flexibility index (Phi) is 3.82. The molecular formula is C17H16N6S. The zero-order valence-corrected chi connectivity index (χ0v) is 14.1. The molecule has 0 aliphatic heterocycles. The third kappa shape index (κ3) is 2.69. The lowest BCUT2D eigenvalue weighted by Gasteiger charge is -2.08. The second kappa shape index (κ2) is 6.13. The SMILES string of the molecule is Cc1nn(-c2ccccc2)c(CSc2nncn2C2CC2)c1C#N. The molecule has 0 amide bonds. The quantitative estimate of drug-likeness (QED) is 0.669. The van der Waals surface area contributed by atoms with E-state index in [0.29, 0.717) is 17.4 Å². The standard InChI is InChI=1S/C17H16N6S/c1-12-15(9-18)16(23(21-12)14-5-3-2-4-6-14)10-24-17-20-19-11-22(17)13-7-8-13/h2-6,11,13H,7-8,10H2,1H3. The molecule has 1 saturated carbocycles. The average molecular weight is 336 g/mol. The van der Waals surface area contributed by atoms with Crippen molar-refractivity contribution in [3.63, 3.8) is 0 Å². The molecule has 0 spiro atoms. The first kappa shape index (κ1) is 15.0. The van der Waals surface area contributed by atoms with Crippen LogP contribution >= 0.6 is 11.8 Å². The van der Waals surface area contributed by atoms with Gasteiger partial charge in [0.1, 0.15) is 12.4 Å². The molecule has 24 heavy (non-hydrogen) atoms. The van der Waals surface area contributed by atoms with Gasteiger partial charge in [-0.15, -0.1) is 10.2 Å². The van der Waals surface area contributed by atoms with Crippen molar-refractivity contribution in [3.8, 4) is 11.8 Å². The topological polar surface area (TPSA) is 72.3 Å². The van der Waals surface area contributed by atoms with Crippen LogP contribution in [0.3, 0.4) is 0 Å². The van der Waals surface area contributed by atoms with Crippen LogP contribution in [0.5, 0.6) is 0 Å². The Morgan fingerprint density at radius 2 is 2.08 bits per heavy atom. The van der Waals surface area contributed by atoms with Crippen molar-refractivity contribution < 1.29 is 0 Å². The Bertz CT molecular complexity index is 901. The van der Waals surface area contributed by atoms with Crippen LogP contribution in [-0.4, -0.2) is 24.5 Å². The highest BCUT2D eigenvalue weighted by molar-refractivity contribution is 7.98. The number of thioether (sulfide) groups is 1. The summed E-state index contributed by atoms with van der Waals surface area (Å²) in [5.74, 6) is 0.629. The van der Waals surface area contributed by atoms with Crippen molar-refractivity contribution in [3.05, 3.63) is 53.6 Å². The van der Waals surface area contributed by atoms with E-state index in [9.17, 15) is 5.26 Å². The molecule has 0 unspecified atom stereocenters. The predicted octanol–water partition coefficient (Wildman–Crippen LogP) is 3.27. The third-order valence-corrected chi connectivity index (χ3v) is 5.06. The van der Waals surface area contributed by atoms with Gasteiger partial charge in [-0.2, -0.15) is 10.4 Å². The lowest BCUT2D eigenvalue weighted by Crippen LogP contribution is -2.03. The van der Waals surface area contributed by atoms with E-state index in [0.717, 1.165) is 22.2 Å². The highest BCUT2D eigenvalue weighted by atomic mass is 32.2. The average Bonchev–Trinajstić information content (AvgIpc) is 3.26. The van der Waals surface area contributed by atoms with Crippen LogP contribution in [-0.2, 0) is 5.75 Å². The fraction of sp³-hybridized carbons (Fsp3) is 0.294. The van der Waals surface area contributed by atoms with Gasteiger partial charge in [0.2, 0.25) is 0 Å². The fourth-order valence-electron chi connectivity index (χ4n) is 2.71. The van der Waals surface area contributed by atoms with Crippen molar-refractivity contribution >= 4 is 11.8 Å². The molecule has 1 fully saturated rings. The van der Waals surface area contributed by atoms with Crippen molar-refractivity contribution in [2.75, 3.05) is 0 Å². The van der Waals surface area contributed by atoms with Crippen LogP contribution in [0, 0.1) is 18.3 Å². The first-order valence-corrected chi connectivity index (χ1v) is 8.83. The molecule has 7 heteroatoms. The van der Waals surface area contributed by atoms with Crippen LogP contribution in [0.1, 0.15) is 35.8 Å². The number of hydrogen-bond acceptors (Lipinski definition) is 5. The summed E-state index contributed by atoms with van der Waals surface area (Å²) >= 11 is 1.60. The van der Waals surface area contributed by atoms with Crippen LogP contribution in [0.25, 0.3) is 5.69 Å². The van der Waals surface area contributed by atoms with Crippen LogP contribution < -0.4 is 0 Å². The van der Waals surface area contributed by atoms with E-state index in [2.05, 4.69) is 25.9 Å². The molecule has 0 saturated heterocycles. The smallest absolute Gasteiger partial charge is 0.191 e. The summed E-state index contributed by atoms with van der Waals surface area (Å²) in [4.78, 5) is 0. The molecule has 120 valence electrons. The molecule has 1 aromatic carbocycles. The maximum absolute atomic E-state index is 9.52. The minimum atomic E-state index is 0.540. The van der Waals surface area contributed by atoms with E-state index in [4.69, 9.17) is 0 Å². The molecule has 0 atom stereocenters. The first-order valence-electron chi connectivity index (χ1n) is 7.84. The summed E-state index contributed by atoms with van der Waals surface area (Å²) in [5, 5.41) is 23.2. The van der Waals surface area contributed by atoms with E-state index in [1.54, 1.807) is 18.1 Å². The van der Waals surface area contributed by atoms with Gasteiger partial charge in [-0.3, -0.25) is 0 Å². The lowest BCUT2D eigenvalue weighted by molar-refractivity contribution is 0.662. The number of nitrogens with zero attached hydrogens (tertiary/aromatic N) is 6. The Balaban J connectivity index is 1.66. The Morgan fingerprint density at radius 3 is 2.79 bits per heavy atom. The van der Waals surface area contributed by atoms with Gasteiger partial charge in [-0.05, 0) is 31.9 Å². The van der Waals surface area contributed by atoms with Crippen LogP contribution in [0.2, 0.25) is 0 Å². The van der Waals surface area contributed by atoms with Crippen molar-refractivity contribution in [2.24, 2.45) is 0 Å². The maximum Gasteiger partial charge on any atom is 0.191 e. The summed E-state index contributed by atoms with van der Waals surface area (Å²) in [6, 6.07) is 12.7. The molecule has 3 aromatic rings. The molecular weight excluding hydrogens is 320 g/mol. The minimum absolute atomic E-state index is 0.540. The Labute approximate surface area is 144 Å². The Hall–Kier alpha value is -2.59. The molecule has 1 aliphatic carbocycles. The number of aromatic nitrogens is 5. The molecule has 1 aliphatic rings. The summed E-state index contributed by atoms with van der Waals surface area (Å²) in [7, 11) is 0. The zero-order valence-electron chi connectivity index (χ0n) is 13.3. The van der Waals surface area contributed by atoms with Gasteiger partial charge in [0.05, 0.1) is 22.6 Å². The Morgan fingerprint density at radius 1 is 1.29 bits per heavy atom. The highest BCUT2D eigenvalue weighted by Crippen LogP contribution is 2.38. The molecule has 6 nitrogen and oxygen atoms in total. The zero-order chi connectivity index (χ0) is 16.5. The second-order valence-corrected chi connectivity index (χ2v) is 6.75.